The highest BCUT2D eigenvalue weighted by Gasteiger charge is 2.23. The number of hydrogen-bond donors (Lipinski definition) is 0. The van der Waals surface area contributed by atoms with E-state index in [9.17, 15) is 8.42 Å². The average molecular weight is 273 g/mol. The van der Waals surface area contributed by atoms with Crippen LogP contribution in [-0.2, 0) is 9.05 Å². The fourth-order valence-corrected chi connectivity index (χ4v) is 3.03. The van der Waals surface area contributed by atoms with Crippen LogP contribution in [0.4, 0.5) is 0 Å². The summed E-state index contributed by atoms with van der Waals surface area (Å²) in [5, 5.41) is 0.651. The van der Waals surface area contributed by atoms with Crippen LogP contribution in [0.15, 0.2) is 27.7 Å². The first kappa shape index (κ1) is 12.5. The summed E-state index contributed by atoms with van der Waals surface area (Å²) in [7, 11) is 1.51. The van der Waals surface area contributed by atoms with E-state index in [0.717, 1.165) is 10.9 Å². The monoisotopic (exact) mass is 272 g/mol. The van der Waals surface area contributed by atoms with Crippen LogP contribution in [-0.4, -0.2) is 8.42 Å². The Hall–Kier alpha value is -1.00. The van der Waals surface area contributed by atoms with E-state index in [1.54, 1.807) is 6.92 Å². The molecule has 0 fully saturated rings. The maximum atomic E-state index is 11.4. The van der Waals surface area contributed by atoms with Gasteiger partial charge in [0.25, 0.3) is 9.05 Å². The van der Waals surface area contributed by atoms with Crippen LogP contribution >= 0.6 is 10.7 Å². The quantitative estimate of drug-likeness (QED) is 0.782. The molecule has 2 aromatic rings. The lowest BCUT2D eigenvalue weighted by Gasteiger charge is -2.04. The standard InChI is InChI=1S/C12H13ClO3S/c1-7(2)9-5-4-6-10-8(3)12(16-11(9)10)17(13,14)15/h4-7H,1-3H3. The molecule has 0 bridgehead atoms. The van der Waals surface area contributed by atoms with Gasteiger partial charge in [0.15, 0.2) is 0 Å². The van der Waals surface area contributed by atoms with Gasteiger partial charge in [0, 0.05) is 21.6 Å². The molecule has 92 valence electrons. The van der Waals surface area contributed by atoms with Crippen LogP contribution in [0.1, 0.15) is 30.9 Å². The highest BCUT2D eigenvalue weighted by atomic mass is 35.7. The summed E-state index contributed by atoms with van der Waals surface area (Å²) >= 11 is 0. The van der Waals surface area contributed by atoms with Crippen molar-refractivity contribution in [3.05, 3.63) is 29.3 Å². The summed E-state index contributed by atoms with van der Waals surface area (Å²) in [5.41, 5.74) is 2.16. The fraction of sp³-hybridized carbons (Fsp3) is 0.333. The van der Waals surface area contributed by atoms with E-state index >= 15 is 0 Å². The van der Waals surface area contributed by atoms with Gasteiger partial charge in [-0.25, -0.2) is 8.42 Å². The Bertz CT molecular complexity index is 668. The van der Waals surface area contributed by atoms with Crippen molar-refractivity contribution in [1.29, 1.82) is 0 Å². The summed E-state index contributed by atoms with van der Waals surface area (Å²) < 4.78 is 28.2. The van der Waals surface area contributed by atoms with Crippen molar-refractivity contribution in [3.8, 4) is 0 Å². The lowest BCUT2D eigenvalue weighted by atomic mass is 10.0. The molecule has 0 radical (unpaired) electrons. The molecular weight excluding hydrogens is 260 g/mol. The van der Waals surface area contributed by atoms with E-state index in [0.29, 0.717) is 11.1 Å². The van der Waals surface area contributed by atoms with Crippen molar-refractivity contribution in [2.75, 3.05) is 0 Å². The molecule has 0 atom stereocenters. The van der Waals surface area contributed by atoms with Gasteiger partial charge in [-0.15, -0.1) is 0 Å². The van der Waals surface area contributed by atoms with Crippen LogP contribution in [0.5, 0.6) is 0 Å². The molecule has 0 spiro atoms. The second kappa shape index (κ2) is 4.03. The number of benzene rings is 1. The van der Waals surface area contributed by atoms with Crippen molar-refractivity contribution in [3.63, 3.8) is 0 Å². The molecule has 1 aromatic carbocycles. The highest BCUT2D eigenvalue weighted by molar-refractivity contribution is 8.13. The molecule has 0 N–H and O–H groups in total. The first-order valence-electron chi connectivity index (χ1n) is 5.29. The number of aryl methyl sites for hydroxylation is 1. The predicted molar refractivity (Wildman–Crippen MR) is 68.1 cm³/mol. The number of halogens is 1. The summed E-state index contributed by atoms with van der Waals surface area (Å²) in [5.74, 6) is 0.259. The third-order valence-corrected chi connectivity index (χ3v) is 4.05. The Morgan fingerprint density at radius 2 is 1.94 bits per heavy atom. The van der Waals surface area contributed by atoms with Crippen molar-refractivity contribution >= 4 is 30.7 Å². The minimum absolute atomic E-state index is 0.151. The highest BCUT2D eigenvalue weighted by Crippen LogP contribution is 2.34. The minimum Gasteiger partial charge on any atom is -0.443 e. The van der Waals surface area contributed by atoms with Crippen molar-refractivity contribution in [1.82, 2.24) is 0 Å². The zero-order chi connectivity index (χ0) is 12.8. The Morgan fingerprint density at radius 1 is 1.29 bits per heavy atom. The van der Waals surface area contributed by atoms with Gasteiger partial charge in [-0.05, 0) is 18.4 Å². The Morgan fingerprint density at radius 3 is 2.47 bits per heavy atom. The van der Waals surface area contributed by atoms with E-state index < -0.39 is 9.05 Å². The van der Waals surface area contributed by atoms with Crippen molar-refractivity contribution in [2.24, 2.45) is 0 Å². The number of fused-ring (bicyclic) bond motifs is 1. The third-order valence-electron chi connectivity index (χ3n) is 2.79. The Balaban J connectivity index is 2.87. The number of para-hydroxylation sites is 1. The van der Waals surface area contributed by atoms with E-state index in [1.807, 2.05) is 32.0 Å². The van der Waals surface area contributed by atoms with E-state index in [-0.39, 0.29) is 11.0 Å². The van der Waals surface area contributed by atoms with Gasteiger partial charge in [-0.2, -0.15) is 0 Å². The fourth-order valence-electron chi connectivity index (χ4n) is 1.93. The first-order valence-corrected chi connectivity index (χ1v) is 7.60. The zero-order valence-electron chi connectivity index (χ0n) is 9.82. The second-order valence-electron chi connectivity index (χ2n) is 4.33. The van der Waals surface area contributed by atoms with Crippen LogP contribution in [0.3, 0.4) is 0 Å². The maximum absolute atomic E-state index is 11.4. The van der Waals surface area contributed by atoms with Crippen LogP contribution in [0, 0.1) is 6.92 Å². The van der Waals surface area contributed by atoms with Crippen LogP contribution in [0.25, 0.3) is 11.0 Å². The van der Waals surface area contributed by atoms with Gasteiger partial charge in [-0.1, -0.05) is 32.0 Å². The van der Waals surface area contributed by atoms with Crippen LogP contribution < -0.4 is 0 Å². The topological polar surface area (TPSA) is 47.3 Å². The van der Waals surface area contributed by atoms with Gasteiger partial charge in [0.2, 0.25) is 5.09 Å². The molecule has 0 unspecified atom stereocenters. The smallest absolute Gasteiger partial charge is 0.294 e. The normalized spacial score (nSPS) is 12.5. The summed E-state index contributed by atoms with van der Waals surface area (Å²) in [6.07, 6.45) is 0. The number of furan rings is 1. The summed E-state index contributed by atoms with van der Waals surface area (Å²) in [4.78, 5) is 0. The lowest BCUT2D eigenvalue weighted by Crippen LogP contribution is -1.89. The van der Waals surface area contributed by atoms with E-state index in [1.165, 1.54) is 0 Å². The van der Waals surface area contributed by atoms with Gasteiger partial charge in [-0.3, -0.25) is 0 Å². The van der Waals surface area contributed by atoms with Gasteiger partial charge in [0.05, 0.1) is 0 Å². The SMILES string of the molecule is Cc1c(S(=O)(=O)Cl)oc2c(C(C)C)cccc12. The number of hydrogen-bond acceptors (Lipinski definition) is 3. The first-order chi connectivity index (χ1) is 7.82. The molecule has 0 aliphatic heterocycles. The average Bonchev–Trinajstić information content (AvgIpc) is 2.55. The minimum atomic E-state index is -3.83. The molecule has 1 aromatic heterocycles. The number of rotatable bonds is 2. The molecule has 0 saturated heterocycles. The van der Waals surface area contributed by atoms with Crippen LogP contribution in [0.2, 0.25) is 0 Å². The molecule has 3 nitrogen and oxygen atoms in total. The Kier molecular flexibility index (Phi) is 2.96. The van der Waals surface area contributed by atoms with E-state index in [2.05, 4.69) is 0 Å². The van der Waals surface area contributed by atoms with Crippen molar-refractivity contribution < 1.29 is 12.8 Å². The molecule has 2 rings (SSSR count). The molecule has 5 heteroatoms. The molecule has 0 aliphatic rings. The summed E-state index contributed by atoms with van der Waals surface area (Å²) in [6.45, 7) is 5.76. The van der Waals surface area contributed by atoms with E-state index in [4.69, 9.17) is 15.1 Å². The largest absolute Gasteiger partial charge is 0.443 e. The zero-order valence-corrected chi connectivity index (χ0v) is 11.4. The molecule has 0 saturated carbocycles. The molecular formula is C12H13ClO3S. The van der Waals surface area contributed by atoms with Gasteiger partial charge >= 0.3 is 0 Å². The third kappa shape index (κ3) is 2.07. The second-order valence-corrected chi connectivity index (χ2v) is 6.80. The predicted octanol–water partition coefficient (Wildman–Crippen LogP) is 3.79. The van der Waals surface area contributed by atoms with Gasteiger partial charge < -0.3 is 4.42 Å². The molecule has 1 heterocycles. The Labute approximate surface area is 105 Å². The van der Waals surface area contributed by atoms with Crippen molar-refractivity contribution in [2.45, 2.75) is 31.8 Å². The molecule has 0 amide bonds. The lowest BCUT2D eigenvalue weighted by molar-refractivity contribution is 0.480. The summed E-state index contributed by atoms with van der Waals surface area (Å²) in [6, 6.07) is 5.66. The molecule has 0 aliphatic carbocycles. The maximum Gasteiger partial charge on any atom is 0.294 e. The molecule has 17 heavy (non-hydrogen) atoms. The van der Waals surface area contributed by atoms with Gasteiger partial charge in [0.1, 0.15) is 5.58 Å².